The van der Waals surface area contributed by atoms with E-state index in [0.717, 1.165) is 5.69 Å². The minimum Gasteiger partial charge on any atom is -0.297 e. The van der Waals surface area contributed by atoms with Gasteiger partial charge in [0.05, 0.1) is 0 Å². The number of rotatable bonds is 3. The number of imidazole rings is 1. The van der Waals surface area contributed by atoms with Crippen LogP contribution in [0.15, 0.2) is 36.7 Å². The third-order valence-corrected chi connectivity index (χ3v) is 2.51. The monoisotopic (exact) mass is 228 g/mol. The van der Waals surface area contributed by atoms with Crippen molar-refractivity contribution in [2.75, 3.05) is 0 Å². The molecule has 0 atom stereocenters. The number of aromatic nitrogens is 2. The van der Waals surface area contributed by atoms with Crippen LogP contribution in [-0.2, 0) is 0 Å². The van der Waals surface area contributed by atoms with Crippen LogP contribution >= 0.6 is 0 Å². The van der Waals surface area contributed by atoms with Crippen LogP contribution in [0.25, 0.3) is 5.69 Å². The highest BCUT2D eigenvalue weighted by atomic mass is 16.1. The lowest BCUT2D eigenvalue weighted by atomic mass is 10.1. The van der Waals surface area contributed by atoms with Crippen LogP contribution in [0.1, 0.15) is 34.8 Å². The first kappa shape index (κ1) is 11.3. The van der Waals surface area contributed by atoms with Crippen LogP contribution in [0, 0.1) is 0 Å². The summed E-state index contributed by atoms with van der Waals surface area (Å²) in [5.74, 6) is 0.320. The van der Waals surface area contributed by atoms with Gasteiger partial charge in [-0.15, -0.1) is 0 Å². The molecule has 2 rings (SSSR count). The fourth-order valence-corrected chi connectivity index (χ4v) is 1.63. The molecule has 4 heteroatoms. The van der Waals surface area contributed by atoms with Crippen molar-refractivity contribution in [3.63, 3.8) is 0 Å². The minimum absolute atomic E-state index is 0.0222. The Morgan fingerprint density at radius 1 is 1.06 bits per heavy atom. The van der Waals surface area contributed by atoms with Crippen LogP contribution in [0.4, 0.5) is 0 Å². The van der Waals surface area contributed by atoms with Gasteiger partial charge in [0, 0.05) is 30.6 Å². The number of Topliss-reactive ketones (excluding diaryl/α,β-unsaturated/α-hetero) is 2. The van der Waals surface area contributed by atoms with Crippen molar-refractivity contribution >= 4 is 11.6 Å². The lowest BCUT2D eigenvalue weighted by Gasteiger charge is -2.06. The summed E-state index contributed by atoms with van der Waals surface area (Å²) in [5.41, 5.74) is 1.47. The third-order valence-electron chi connectivity index (χ3n) is 2.51. The minimum atomic E-state index is -0.0920. The Kier molecular flexibility index (Phi) is 2.87. The smallest absolute Gasteiger partial charge is 0.195 e. The van der Waals surface area contributed by atoms with Gasteiger partial charge in [-0.05, 0) is 31.2 Å². The van der Waals surface area contributed by atoms with E-state index in [4.69, 9.17) is 0 Å². The van der Waals surface area contributed by atoms with Crippen molar-refractivity contribution in [2.45, 2.75) is 13.8 Å². The third kappa shape index (κ3) is 2.15. The number of hydrogen-bond acceptors (Lipinski definition) is 3. The predicted molar refractivity (Wildman–Crippen MR) is 63.6 cm³/mol. The van der Waals surface area contributed by atoms with Gasteiger partial charge < -0.3 is 0 Å². The van der Waals surface area contributed by atoms with Crippen LogP contribution in [0.3, 0.4) is 0 Å². The van der Waals surface area contributed by atoms with Gasteiger partial charge in [-0.3, -0.25) is 14.2 Å². The zero-order valence-corrected chi connectivity index (χ0v) is 9.68. The summed E-state index contributed by atoms with van der Waals surface area (Å²) in [6.07, 6.45) is 3.30. The standard InChI is InChI=1S/C13H12N2O2/c1-9(16)11-3-5-12(6-4-11)15-8-7-14-13(15)10(2)17/h3-8H,1-2H3. The quantitative estimate of drug-likeness (QED) is 0.757. The molecule has 0 fully saturated rings. The number of carbonyl (C=O) groups is 2. The summed E-state index contributed by atoms with van der Waals surface area (Å²) in [7, 11) is 0. The van der Waals surface area contributed by atoms with Crippen molar-refractivity contribution in [1.29, 1.82) is 0 Å². The molecule has 0 spiro atoms. The maximum absolute atomic E-state index is 11.3. The van der Waals surface area contributed by atoms with E-state index < -0.39 is 0 Å². The van der Waals surface area contributed by atoms with Gasteiger partial charge in [0.2, 0.25) is 0 Å². The number of ketones is 2. The Hall–Kier alpha value is -2.23. The fourth-order valence-electron chi connectivity index (χ4n) is 1.63. The Bertz CT molecular complexity index is 567. The van der Waals surface area contributed by atoms with Gasteiger partial charge in [0.25, 0.3) is 0 Å². The van der Waals surface area contributed by atoms with Crippen LogP contribution in [0.5, 0.6) is 0 Å². The van der Waals surface area contributed by atoms with E-state index in [1.165, 1.54) is 13.8 Å². The molecular formula is C13H12N2O2. The molecule has 0 N–H and O–H groups in total. The SMILES string of the molecule is CC(=O)c1ccc(-n2ccnc2C(C)=O)cc1. The Morgan fingerprint density at radius 2 is 1.71 bits per heavy atom. The van der Waals surface area contributed by atoms with E-state index in [0.29, 0.717) is 11.4 Å². The van der Waals surface area contributed by atoms with Crippen molar-refractivity contribution in [3.8, 4) is 5.69 Å². The molecule has 0 aliphatic rings. The molecule has 0 aliphatic heterocycles. The number of benzene rings is 1. The molecule has 0 radical (unpaired) electrons. The Morgan fingerprint density at radius 3 is 2.24 bits per heavy atom. The molecule has 1 aromatic heterocycles. The van der Waals surface area contributed by atoms with Crippen LogP contribution in [-0.4, -0.2) is 21.1 Å². The van der Waals surface area contributed by atoms with Gasteiger partial charge in [-0.1, -0.05) is 0 Å². The van der Waals surface area contributed by atoms with Crippen LogP contribution in [0.2, 0.25) is 0 Å². The summed E-state index contributed by atoms with van der Waals surface area (Å²) >= 11 is 0. The van der Waals surface area contributed by atoms with Gasteiger partial charge in [-0.2, -0.15) is 0 Å². The molecule has 1 aromatic carbocycles. The predicted octanol–water partition coefficient (Wildman–Crippen LogP) is 2.28. The van der Waals surface area contributed by atoms with Crippen molar-refractivity contribution < 1.29 is 9.59 Å². The molecule has 0 bridgehead atoms. The van der Waals surface area contributed by atoms with Crippen molar-refractivity contribution in [3.05, 3.63) is 48.0 Å². The van der Waals surface area contributed by atoms with E-state index in [9.17, 15) is 9.59 Å². The maximum atomic E-state index is 11.3. The molecule has 0 saturated heterocycles. The van der Waals surface area contributed by atoms with Crippen molar-refractivity contribution in [1.82, 2.24) is 9.55 Å². The first-order chi connectivity index (χ1) is 8.09. The summed E-state index contributed by atoms with van der Waals surface area (Å²) < 4.78 is 1.70. The number of hydrogen-bond donors (Lipinski definition) is 0. The van der Waals surface area contributed by atoms with E-state index in [-0.39, 0.29) is 11.6 Å². The van der Waals surface area contributed by atoms with Gasteiger partial charge in [0.15, 0.2) is 17.4 Å². The molecule has 4 nitrogen and oxygen atoms in total. The maximum Gasteiger partial charge on any atom is 0.195 e. The van der Waals surface area contributed by atoms with Gasteiger partial charge in [0.1, 0.15) is 0 Å². The summed E-state index contributed by atoms with van der Waals surface area (Å²) in [6, 6.07) is 7.07. The van der Waals surface area contributed by atoms with Crippen LogP contribution < -0.4 is 0 Å². The topological polar surface area (TPSA) is 52.0 Å². The molecule has 0 aliphatic carbocycles. The normalized spacial score (nSPS) is 10.2. The summed E-state index contributed by atoms with van der Waals surface area (Å²) in [4.78, 5) is 26.5. The Balaban J connectivity index is 2.43. The first-order valence-corrected chi connectivity index (χ1v) is 5.25. The molecule has 0 saturated carbocycles. The molecule has 17 heavy (non-hydrogen) atoms. The summed E-state index contributed by atoms with van der Waals surface area (Å²) in [6.45, 7) is 3.00. The lowest BCUT2D eigenvalue weighted by Crippen LogP contribution is -2.05. The highest BCUT2D eigenvalue weighted by molar-refractivity contribution is 5.94. The van der Waals surface area contributed by atoms with Crippen molar-refractivity contribution in [2.24, 2.45) is 0 Å². The second kappa shape index (κ2) is 4.33. The lowest BCUT2D eigenvalue weighted by molar-refractivity contribution is 0.0997. The van der Waals surface area contributed by atoms with Gasteiger partial charge >= 0.3 is 0 Å². The van der Waals surface area contributed by atoms with E-state index in [1.807, 2.05) is 0 Å². The second-order valence-corrected chi connectivity index (χ2v) is 3.78. The number of nitrogens with zero attached hydrogens (tertiary/aromatic N) is 2. The average Bonchev–Trinajstić information content (AvgIpc) is 2.78. The highest BCUT2D eigenvalue weighted by Gasteiger charge is 2.09. The van der Waals surface area contributed by atoms with E-state index >= 15 is 0 Å². The average molecular weight is 228 g/mol. The first-order valence-electron chi connectivity index (χ1n) is 5.25. The van der Waals surface area contributed by atoms with E-state index in [1.54, 1.807) is 41.2 Å². The molecule has 86 valence electrons. The zero-order chi connectivity index (χ0) is 12.4. The molecule has 2 aromatic rings. The second-order valence-electron chi connectivity index (χ2n) is 3.78. The van der Waals surface area contributed by atoms with Gasteiger partial charge in [-0.25, -0.2) is 4.98 Å². The zero-order valence-electron chi connectivity index (χ0n) is 9.68. The van der Waals surface area contributed by atoms with E-state index in [2.05, 4.69) is 4.98 Å². The molecule has 0 amide bonds. The largest absolute Gasteiger partial charge is 0.297 e. The number of carbonyl (C=O) groups excluding carboxylic acids is 2. The summed E-state index contributed by atoms with van der Waals surface area (Å²) in [5, 5.41) is 0. The highest BCUT2D eigenvalue weighted by Crippen LogP contribution is 2.12. The molecular weight excluding hydrogens is 216 g/mol. The molecule has 1 heterocycles. The fraction of sp³-hybridized carbons (Fsp3) is 0.154. The Labute approximate surface area is 98.9 Å². The molecule has 0 unspecified atom stereocenters.